The maximum absolute atomic E-state index is 11.9. The fourth-order valence-electron chi connectivity index (χ4n) is 2.30. The van der Waals surface area contributed by atoms with Crippen LogP contribution in [0.5, 0.6) is 5.75 Å². The fraction of sp³-hybridized carbons (Fsp3) is 0.500. The zero-order valence-corrected chi connectivity index (χ0v) is 11.4. The summed E-state index contributed by atoms with van der Waals surface area (Å²) in [7, 11) is 0. The molecule has 1 amide bonds. The standard InChI is InChI=1S/C14H17F3N2O2/c15-14(16,17)8-19-13(20)7-21-10-5-4-9-2-1-3-12(18)11(9)6-10/h4-6,12H,1-3,7-8,18H2,(H,19,20). The van der Waals surface area contributed by atoms with E-state index in [9.17, 15) is 18.0 Å². The molecule has 0 saturated carbocycles. The molecule has 0 radical (unpaired) electrons. The molecular weight excluding hydrogens is 285 g/mol. The third-order valence-electron chi connectivity index (χ3n) is 3.33. The number of nitrogens with two attached hydrogens (primary N) is 1. The summed E-state index contributed by atoms with van der Waals surface area (Å²) >= 11 is 0. The Morgan fingerprint density at radius 2 is 2.19 bits per heavy atom. The van der Waals surface area contributed by atoms with Gasteiger partial charge in [-0.05, 0) is 42.5 Å². The number of fused-ring (bicyclic) bond motifs is 1. The highest BCUT2D eigenvalue weighted by Gasteiger charge is 2.27. The van der Waals surface area contributed by atoms with Crippen molar-refractivity contribution in [2.24, 2.45) is 5.73 Å². The van der Waals surface area contributed by atoms with Crippen molar-refractivity contribution in [2.75, 3.05) is 13.2 Å². The van der Waals surface area contributed by atoms with Gasteiger partial charge in [-0.25, -0.2) is 0 Å². The van der Waals surface area contributed by atoms with Gasteiger partial charge in [-0.3, -0.25) is 4.79 Å². The minimum Gasteiger partial charge on any atom is -0.484 e. The van der Waals surface area contributed by atoms with E-state index in [1.807, 2.05) is 6.07 Å². The Hall–Kier alpha value is -1.76. The van der Waals surface area contributed by atoms with Crippen LogP contribution in [0.1, 0.15) is 30.0 Å². The van der Waals surface area contributed by atoms with Gasteiger partial charge in [-0.1, -0.05) is 6.07 Å². The quantitative estimate of drug-likeness (QED) is 0.895. The third kappa shape index (κ3) is 4.63. The van der Waals surface area contributed by atoms with Gasteiger partial charge >= 0.3 is 6.18 Å². The number of ether oxygens (including phenoxy) is 1. The summed E-state index contributed by atoms with van der Waals surface area (Å²) in [6.07, 6.45) is -1.54. The number of amides is 1. The molecule has 1 aromatic rings. The molecule has 1 aliphatic carbocycles. The van der Waals surface area contributed by atoms with E-state index < -0.39 is 25.2 Å². The molecule has 0 heterocycles. The number of aryl methyl sites for hydroxylation is 1. The third-order valence-corrected chi connectivity index (χ3v) is 3.33. The molecule has 21 heavy (non-hydrogen) atoms. The second-order valence-electron chi connectivity index (χ2n) is 5.04. The van der Waals surface area contributed by atoms with E-state index in [1.165, 1.54) is 0 Å². The molecule has 0 spiro atoms. The Morgan fingerprint density at radius 1 is 1.43 bits per heavy atom. The molecule has 1 aromatic carbocycles. The average Bonchev–Trinajstić information content (AvgIpc) is 2.43. The molecule has 2 rings (SSSR count). The first-order valence-corrected chi connectivity index (χ1v) is 6.70. The van der Waals surface area contributed by atoms with Crippen molar-refractivity contribution in [1.82, 2.24) is 5.32 Å². The number of alkyl halides is 3. The Balaban J connectivity index is 1.89. The number of rotatable bonds is 4. The number of carbonyl (C=O) groups is 1. The molecule has 7 heteroatoms. The number of carbonyl (C=O) groups excluding carboxylic acids is 1. The molecule has 1 atom stereocenters. The number of nitrogens with one attached hydrogen (secondary N) is 1. The van der Waals surface area contributed by atoms with Crippen molar-refractivity contribution < 1.29 is 22.7 Å². The summed E-state index contributed by atoms with van der Waals surface area (Å²) in [5.74, 6) is -0.373. The molecule has 0 bridgehead atoms. The van der Waals surface area contributed by atoms with E-state index in [0.717, 1.165) is 30.4 Å². The molecule has 0 saturated heterocycles. The number of halogens is 3. The van der Waals surface area contributed by atoms with Crippen LogP contribution in [-0.4, -0.2) is 25.2 Å². The second-order valence-corrected chi connectivity index (χ2v) is 5.04. The van der Waals surface area contributed by atoms with Crippen LogP contribution in [0.3, 0.4) is 0 Å². The molecule has 0 aliphatic heterocycles. The molecule has 1 unspecified atom stereocenters. The van der Waals surface area contributed by atoms with Crippen molar-refractivity contribution >= 4 is 5.91 Å². The first-order chi connectivity index (χ1) is 9.85. The molecular formula is C14H17F3N2O2. The Bertz CT molecular complexity index is 517. The summed E-state index contributed by atoms with van der Waals surface area (Å²) in [5.41, 5.74) is 8.14. The van der Waals surface area contributed by atoms with Gasteiger partial charge in [0.15, 0.2) is 6.61 Å². The van der Waals surface area contributed by atoms with Crippen LogP contribution in [-0.2, 0) is 11.2 Å². The van der Waals surface area contributed by atoms with Gasteiger partial charge in [0.2, 0.25) is 0 Å². The van der Waals surface area contributed by atoms with Crippen LogP contribution in [0.15, 0.2) is 18.2 Å². The van der Waals surface area contributed by atoms with Crippen molar-refractivity contribution in [3.05, 3.63) is 29.3 Å². The summed E-state index contributed by atoms with van der Waals surface area (Å²) in [6.45, 7) is -1.81. The predicted molar refractivity (Wildman–Crippen MR) is 70.9 cm³/mol. The van der Waals surface area contributed by atoms with Gasteiger partial charge in [-0.2, -0.15) is 13.2 Å². The van der Waals surface area contributed by atoms with Crippen LogP contribution in [0.2, 0.25) is 0 Å². The maximum atomic E-state index is 11.9. The Labute approximate surface area is 120 Å². The van der Waals surface area contributed by atoms with Crippen molar-refractivity contribution in [1.29, 1.82) is 0 Å². The zero-order chi connectivity index (χ0) is 15.5. The highest BCUT2D eigenvalue weighted by Crippen LogP contribution is 2.30. The molecule has 0 aromatic heterocycles. The van der Waals surface area contributed by atoms with Gasteiger partial charge < -0.3 is 15.8 Å². The average molecular weight is 302 g/mol. The van der Waals surface area contributed by atoms with Crippen molar-refractivity contribution in [3.8, 4) is 5.75 Å². The largest absolute Gasteiger partial charge is 0.484 e. The second kappa shape index (κ2) is 6.34. The topological polar surface area (TPSA) is 64.3 Å². The first-order valence-electron chi connectivity index (χ1n) is 6.70. The lowest BCUT2D eigenvalue weighted by Gasteiger charge is -2.22. The lowest BCUT2D eigenvalue weighted by atomic mass is 9.88. The lowest BCUT2D eigenvalue weighted by molar-refractivity contribution is -0.139. The van der Waals surface area contributed by atoms with Crippen LogP contribution in [0.25, 0.3) is 0 Å². The van der Waals surface area contributed by atoms with E-state index in [2.05, 4.69) is 0 Å². The minimum absolute atomic E-state index is 0.0589. The monoisotopic (exact) mass is 302 g/mol. The van der Waals surface area contributed by atoms with Gasteiger partial charge in [-0.15, -0.1) is 0 Å². The van der Waals surface area contributed by atoms with E-state index in [1.54, 1.807) is 17.4 Å². The summed E-state index contributed by atoms with van der Waals surface area (Å²) in [4.78, 5) is 11.3. The van der Waals surface area contributed by atoms with Crippen LogP contribution in [0.4, 0.5) is 13.2 Å². The van der Waals surface area contributed by atoms with Crippen LogP contribution < -0.4 is 15.8 Å². The van der Waals surface area contributed by atoms with E-state index >= 15 is 0 Å². The Morgan fingerprint density at radius 3 is 2.90 bits per heavy atom. The predicted octanol–water partition coefficient (Wildman–Crippen LogP) is 2.08. The van der Waals surface area contributed by atoms with Gasteiger partial charge in [0.1, 0.15) is 12.3 Å². The molecule has 0 fully saturated rings. The number of hydrogen-bond donors (Lipinski definition) is 2. The number of hydrogen-bond acceptors (Lipinski definition) is 3. The van der Waals surface area contributed by atoms with Gasteiger partial charge in [0.25, 0.3) is 5.91 Å². The highest BCUT2D eigenvalue weighted by atomic mass is 19.4. The fourth-order valence-corrected chi connectivity index (χ4v) is 2.30. The zero-order valence-electron chi connectivity index (χ0n) is 11.4. The van der Waals surface area contributed by atoms with E-state index in [0.29, 0.717) is 5.75 Å². The normalized spacial score (nSPS) is 18.0. The molecule has 1 aliphatic rings. The van der Waals surface area contributed by atoms with Gasteiger partial charge in [0.05, 0.1) is 0 Å². The summed E-state index contributed by atoms with van der Waals surface area (Å²) in [6, 6.07) is 5.29. The SMILES string of the molecule is NC1CCCc2ccc(OCC(=O)NCC(F)(F)F)cc21. The number of benzene rings is 1. The maximum Gasteiger partial charge on any atom is 0.405 e. The molecule has 4 nitrogen and oxygen atoms in total. The Kier molecular flexibility index (Phi) is 4.72. The highest BCUT2D eigenvalue weighted by molar-refractivity contribution is 5.77. The first kappa shape index (κ1) is 15.6. The van der Waals surface area contributed by atoms with Crippen LogP contribution in [0, 0.1) is 0 Å². The summed E-state index contributed by atoms with van der Waals surface area (Å²) < 4.78 is 41.0. The molecule has 116 valence electrons. The lowest BCUT2D eigenvalue weighted by Crippen LogP contribution is -2.36. The molecule has 3 N–H and O–H groups in total. The van der Waals surface area contributed by atoms with E-state index in [4.69, 9.17) is 10.5 Å². The summed E-state index contributed by atoms with van der Waals surface area (Å²) in [5, 5.41) is 1.75. The van der Waals surface area contributed by atoms with Crippen molar-refractivity contribution in [2.45, 2.75) is 31.5 Å². The van der Waals surface area contributed by atoms with E-state index in [-0.39, 0.29) is 6.04 Å². The van der Waals surface area contributed by atoms with Gasteiger partial charge in [0, 0.05) is 6.04 Å². The minimum atomic E-state index is -4.42. The van der Waals surface area contributed by atoms with Crippen molar-refractivity contribution in [3.63, 3.8) is 0 Å². The van der Waals surface area contributed by atoms with Crippen LogP contribution >= 0.6 is 0 Å². The smallest absolute Gasteiger partial charge is 0.405 e.